The van der Waals surface area contributed by atoms with E-state index in [0.717, 1.165) is 72.9 Å². The van der Waals surface area contributed by atoms with Gasteiger partial charge in [-0.25, -0.2) is 4.98 Å². The molecule has 0 radical (unpaired) electrons. The second-order valence-corrected chi connectivity index (χ2v) is 11.0. The summed E-state index contributed by atoms with van der Waals surface area (Å²) in [6.45, 7) is 10.4. The van der Waals surface area contributed by atoms with Gasteiger partial charge >= 0.3 is 0 Å². The molecule has 0 saturated carbocycles. The lowest BCUT2D eigenvalue weighted by molar-refractivity contribution is 0.0645. The van der Waals surface area contributed by atoms with Crippen LogP contribution in [0.15, 0.2) is 48.7 Å². The fraction of sp³-hybridized carbons (Fsp3) is 0.467. The van der Waals surface area contributed by atoms with E-state index in [2.05, 4.69) is 93.3 Å². The first-order valence-corrected chi connectivity index (χ1v) is 14.0. The summed E-state index contributed by atoms with van der Waals surface area (Å²) in [6.07, 6.45) is 2.77. The highest BCUT2D eigenvalue weighted by Gasteiger charge is 2.38. The summed E-state index contributed by atoms with van der Waals surface area (Å²) in [5.41, 5.74) is 6.53. The van der Waals surface area contributed by atoms with E-state index in [9.17, 15) is 5.11 Å². The molecule has 2 saturated heterocycles. The van der Waals surface area contributed by atoms with Crippen molar-refractivity contribution in [3.05, 3.63) is 65.4 Å². The van der Waals surface area contributed by atoms with E-state index < -0.39 is 6.35 Å². The van der Waals surface area contributed by atoms with Crippen molar-refractivity contribution in [3.63, 3.8) is 0 Å². The number of anilines is 5. The first-order chi connectivity index (χ1) is 19.0. The molecule has 3 aliphatic heterocycles. The Bertz CT molecular complexity index is 1270. The van der Waals surface area contributed by atoms with Crippen LogP contribution in [0.25, 0.3) is 0 Å². The van der Waals surface area contributed by atoms with Crippen LogP contribution in [0, 0.1) is 13.8 Å². The van der Waals surface area contributed by atoms with Gasteiger partial charge in [-0.05, 0) is 69.1 Å². The minimum atomic E-state index is -0.828. The van der Waals surface area contributed by atoms with Crippen molar-refractivity contribution in [1.29, 1.82) is 0 Å². The number of aromatic nitrogens is 2. The molecular formula is C30H39N7O2. The van der Waals surface area contributed by atoms with Gasteiger partial charge in [0.05, 0.1) is 6.54 Å². The topological polar surface area (TPSA) is 80.2 Å². The van der Waals surface area contributed by atoms with Crippen molar-refractivity contribution in [3.8, 4) is 0 Å². The lowest BCUT2D eigenvalue weighted by atomic mass is 10.0. The molecule has 0 spiro atoms. The summed E-state index contributed by atoms with van der Waals surface area (Å²) >= 11 is 0. The number of rotatable bonds is 5. The molecule has 0 amide bonds. The van der Waals surface area contributed by atoms with Crippen LogP contribution >= 0.6 is 0 Å². The van der Waals surface area contributed by atoms with E-state index in [1.807, 2.05) is 6.20 Å². The summed E-state index contributed by atoms with van der Waals surface area (Å²) in [5.74, 6) is 1.33. The molecule has 0 aliphatic carbocycles. The molecule has 3 aromatic rings. The normalized spacial score (nSPS) is 20.7. The molecule has 2 N–H and O–H groups in total. The molecule has 3 aliphatic rings. The molecule has 1 unspecified atom stereocenters. The number of ether oxygens (including phenoxy) is 1. The van der Waals surface area contributed by atoms with Gasteiger partial charge in [-0.1, -0.05) is 18.2 Å². The Morgan fingerprint density at radius 3 is 2.33 bits per heavy atom. The van der Waals surface area contributed by atoms with Gasteiger partial charge in [0.2, 0.25) is 12.3 Å². The Kier molecular flexibility index (Phi) is 7.29. The van der Waals surface area contributed by atoms with Gasteiger partial charge in [0.15, 0.2) is 0 Å². The monoisotopic (exact) mass is 529 g/mol. The number of nitrogens with zero attached hydrogens (tertiary/aromatic N) is 6. The molecule has 39 heavy (non-hydrogen) atoms. The highest BCUT2D eigenvalue weighted by Crippen LogP contribution is 2.38. The number of aliphatic hydroxyl groups excluding tert-OH is 1. The number of piperazine rings is 1. The molecule has 206 valence electrons. The van der Waals surface area contributed by atoms with Crippen molar-refractivity contribution in [2.75, 3.05) is 66.5 Å². The summed E-state index contributed by atoms with van der Waals surface area (Å²) in [7, 11) is 2.17. The molecule has 9 heteroatoms. The average molecular weight is 530 g/mol. The molecule has 2 aromatic carbocycles. The van der Waals surface area contributed by atoms with E-state index in [1.54, 1.807) is 0 Å². The quantitative estimate of drug-likeness (QED) is 0.512. The van der Waals surface area contributed by atoms with Crippen molar-refractivity contribution in [2.24, 2.45) is 0 Å². The number of hydrogen-bond donors (Lipinski definition) is 2. The molecule has 9 nitrogen and oxygen atoms in total. The van der Waals surface area contributed by atoms with Crippen LogP contribution < -0.4 is 20.0 Å². The zero-order valence-electron chi connectivity index (χ0n) is 23.2. The predicted molar refractivity (Wildman–Crippen MR) is 156 cm³/mol. The minimum absolute atomic E-state index is 0.130. The van der Waals surface area contributed by atoms with E-state index in [-0.39, 0.29) is 6.04 Å². The van der Waals surface area contributed by atoms with Gasteiger partial charge in [-0.3, -0.25) is 0 Å². The van der Waals surface area contributed by atoms with Crippen LogP contribution in [0.4, 0.5) is 28.8 Å². The van der Waals surface area contributed by atoms with Crippen LogP contribution in [0.5, 0.6) is 0 Å². The minimum Gasteiger partial charge on any atom is -0.381 e. The molecule has 2 fully saturated rings. The highest BCUT2D eigenvalue weighted by atomic mass is 16.5. The fourth-order valence-electron chi connectivity index (χ4n) is 6.05. The number of nitrogens with one attached hydrogen (secondary N) is 1. The molecule has 1 aromatic heterocycles. The van der Waals surface area contributed by atoms with Crippen molar-refractivity contribution in [1.82, 2.24) is 14.9 Å². The zero-order valence-corrected chi connectivity index (χ0v) is 23.2. The second-order valence-electron chi connectivity index (χ2n) is 11.0. The third-order valence-electron chi connectivity index (χ3n) is 8.26. The second kappa shape index (κ2) is 11.0. The van der Waals surface area contributed by atoms with Crippen molar-refractivity contribution >= 4 is 28.8 Å². The van der Waals surface area contributed by atoms with E-state index in [1.165, 1.54) is 5.69 Å². The Hall–Kier alpha value is -3.40. The largest absolute Gasteiger partial charge is 0.381 e. The summed E-state index contributed by atoms with van der Waals surface area (Å²) in [4.78, 5) is 18.6. The summed E-state index contributed by atoms with van der Waals surface area (Å²) < 4.78 is 5.65. The van der Waals surface area contributed by atoms with Gasteiger partial charge in [-0.15, -0.1) is 0 Å². The predicted octanol–water partition coefficient (Wildman–Crippen LogP) is 3.87. The van der Waals surface area contributed by atoms with Crippen LogP contribution in [0.1, 0.15) is 29.5 Å². The van der Waals surface area contributed by atoms with E-state index >= 15 is 0 Å². The van der Waals surface area contributed by atoms with Gasteiger partial charge in [0.1, 0.15) is 5.82 Å². The average Bonchev–Trinajstić information content (AvgIpc) is 2.95. The van der Waals surface area contributed by atoms with Crippen LogP contribution in [0.3, 0.4) is 0 Å². The maximum absolute atomic E-state index is 11.8. The summed E-state index contributed by atoms with van der Waals surface area (Å²) in [5, 5.41) is 15.2. The van der Waals surface area contributed by atoms with E-state index in [4.69, 9.17) is 9.72 Å². The maximum atomic E-state index is 11.8. The highest BCUT2D eigenvalue weighted by molar-refractivity contribution is 5.66. The zero-order chi connectivity index (χ0) is 26.9. The number of aliphatic hydroxyl groups is 1. The Morgan fingerprint density at radius 1 is 0.949 bits per heavy atom. The van der Waals surface area contributed by atoms with Crippen molar-refractivity contribution in [2.45, 2.75) is 45.6 Å². The van der Waals surface area contributed by atoms with Gasteiger partial charge in [-0.2, -0.15) is 4.98 Å². The maximum Gasteiger partial charge on any atom is 0.229 e. The first kappa shape index (κ1) is 25.9. The third kappa shape index (κ3) is 5.26. The number of benzene rings is 2. The first-order valence-electron chi connectivity index (χ1n) is 14.0. The SMILES string of the molecule is Cc1cccc(C)c1N1Cc2cnc(Nc3ccc(N4CCN(C)CC4)cc3)nc2N(C2CCOCC2)C1O. The number of likely N-dealkylation sites (N-methyl/N-ethyl adjacent to an activating group) is 1. The molecule has 0 bridgehead atoms. The molecule has 4 heterocycles. The van der Waals surface area contributed by atoms with E-state index in [0.29, 0.717) is 25.7 Å². The lowest BCUT2D eigenvalue weighted by Crippen LogP contribution is -2.58. The number of para-hydroxylation sites is 1. The smallest absolute Gasteiger partial charge is 0.229 e. The fourth-order valence-corrected chi connectivity index (χ4v) is 6.05. The summed E-state index contributed by atoms with van der Waals surface area (Å²) in [6, 6.07) is 14.9. The Labute approximate surface area is 231 Å². The third-order valence-corrected chi connectivity index (χ3v) is 8.26. The van der Waals surface area contributed by atoms with Gasteiger partial charge in [0, 0.05) is 74.3 Å². The number of hydrogen-bond acceptors (Lipinski definition) is 9. The molecule has 6 rings (SSSR count). The Balaban J connectivity index is 1.28. The van der Waals surface area contributed by atoms with Crippen LogP contribution in [0.2, 0.25) is 0 Å². The Morgan fingerprint density at radius 2 is 1.64 bits per heavy atom. The van der Waals surface area contributed by atoms with Crippen molar-refractivity contribution < 1.29 is 9.84 Å². The van der Waals surface area contributed by atoms with Crippen LogP contribution in [-0.2, 0) is 11.3 Å². The molecule has 1 atom stereocenters. The van der Waals surface area contributed by atoms with Gasteiger partial charge < -0.3 is 34.8 Å². The number of fused-ring (bicyclic) bond motifs is 1. The van der Waals surface area contributed by atoms with Crippen LogP contribution in [-0.4, -0.2) is 78.8 Å². The standard InChI is InChI=1S/C30H39N7O2/c1-21-5-4-6-22(2)27(21)36-20-23-19-31-29(33-28(23)37(30(36)38)26-11-17-39-18-12-26)32-24-7-9-25(10-8-24)35-15-13-34(3)14-16-35/h4-10,19,26,30,38H,11-18,20H2,1-3H3,(H,31,32,33). The molecular weight excluding hydrogens is 490 g/mol. The van der Waals surface area contributed by atoms with Gasteiger partial charge in [0.25, 0.3) is 0 Å². The lowest BCUT2D eigenvalue weighted by Gasteiger charge is -2.48. The number of aryl methyl sites for hydroxylation is 2.